The van der Waals surface area contributed by atoms with Gasteiger partial charge in [0, 0.05) is 29.4 Å². The van der Waals surface area contributed by atoms with Crippen LogP contribution in [0.15, 0.2) is 23.7 Å². The molecule has 90 valence electrons. The van der Waals surface area contributed by atoms with Crippen molar-refractivity contribution >= 4 is 17.3 Å². The summed E-state index contributed by atoms with van der Waals surface area (Å²) in [6.45, 7) is 2.67. The van der Waals surface area contributed by atoms with E-state index in [0.29, 0.717) is 5.95 Å². The molecule has 2 aromatic heterocycles. The molecule has 0 amide bonds. The Hall–Kier alpha value is -1.46. The van der Waals surface area contributed by atoms with Crippen molar-refractivity contribution in [1.29, 1.82) is 0 Å². The molecule has 0 fully saturated rings. The lowest BCUT2D eigenvalue weighted by molar-refractivity contribution is 0.280. The van der Waals surface area contributed by atoms with Crippen molar-refractivity contribution in [2.75, 3.05) is 11.9 Å². The second-order valence-electron chi connectivity index (χ2n) is 3.87. The van der Waals surface area contributed by atoms with E-state index >= 15 is 0 Å². The SMILES string of the molecule is Cc1nc(N(C)Cc2cccs2)ncc1CO. The third-order valence-corrected chi connectivity index (χ3v) is 3.41. The molecule has 1 N–H and O–H groups in total. The Morgan fingerprint density at radius 3 is 2.88 bits per heavy atom. The standard InChI is InChI=1S/C12H15N3OS/c1-9-10(8-16)6-13-12(14-9)15(2)7-11-4-3-5-17-11/h3-6,16H,7-8H2,1-2H3. The van der Waals surface area contributed by atoms with Gasteiger partial charge in [0.1, 0.15) is 0 Å². The molecule has 2 heterocycles. The first kappa shape index (κ1) is 12.0. The summed E-state index contributed by atoms with van der Waals surface area (Å²) in [4.78, 5) is 11.9. The van der Waals surface area contributed by atoms with E-state index in [1.807, 2.05) is 24.9 Å². The molecule has 0 unspecified atom stereocenters. The quantitative estimate of drug-likeness (QED) is 0.900. The van der Waals surface area contributed by atoms with Gasteiger partial charge < -0.3 is 10.0 Å². The minimum absolute atomic E-state index is 0.0131. The highest BCUT2D eigenvalue weighted by Crippen LogP contribution is 2.15. The van der Waals surface area contributed by atoms with Crippen LogP contribution < -0.4 is 4.90 Å². The highest BCUT2D eigenvalue weighted by atomic mass is 32.1. The van der Waals surface area contributed by atoms with Crippen LogP contribution in [-0.2, 0) is 13.2 Å². The monoisotopic (exact) mass is 249 g/mol. The Morgan fingerprint density at radius 2 is 2.29 bits per heavy atom. The van der Waals surface area contributed by atoms with E-state index in [0.717, 1.165) is 17.8 Å². The van der Waals surface area contributed by atoms with Gasteiger partial charge in [-0.15, -0.1) is 11.3 Å². The molecule has 5 heteroatoms. The summed E-state index contributed by atoms with van der Waals surface area (Å²) in [6.07, 6.45) is 1.68. The number of rotatable bonds is 4. The van der Waals surface area contributed by atoms with E-state index < -0.39 is 0 Å². The number of aromatic nitrogens is 2. The fraction of sp³-hybridized carbons (Fsp3) is 0.333. The normalized spacial score (nSPS) is 10.5. The maximum atomic E-state index is 9.06. The third kappa shape index (κ3) is 2.81. The number of hydrogen-bond donors (Lipinski definition) is 1. The minimum atomic E-state index is -0.0131. The van der Waals surface area contributed by atoms with Gasteiger partial charge in [0.15, 0.2) is 0 Å². The van der Waals surface area contributed by atoms with Gasteiger partial charge in [0.05, 0.1) is 13.2 Å². The van der Waals surface area contributed by atoms with Crippen LogP contribution in [-0.4, -0.2) is 22.1 Å². The van der Waals surface area contributed by atoms with Crippen molar-refractivity contribution in [3.05, 3.63) is 39.8 Å². The number of aliphatic hydroxyl groups excluding tert-OH is 1. The third-order valence-electron chi connectivity index (χ3n) is 2.55. The average molecular weight is 249 g/mol. The fourth-order valence-electron chi connectivity index (χ4n) is 1.53. The van der Waals surface area contributed by atoms with Crippen molar-refractivity contribution in [1.82, 2.24) is 9.97 Å². The lowest BCUT2D eigenvalue weighted by atomic mass is 10.2. The molecule has 0 aliphatic rings. The second-order valence-corrected chi connectivity index (χ2v) is 4.91. The molecule has 0 radical (unpaired) electrons. The molecule has 0 spiro atoms. The zero-order valence-electron chi connectivity index (χ0n) is 9.92. The largest absolute Gasteiger partial charge is 0.392 e. The minimum Gasteiger partial charge on any atom is -0.392 e. The van der Waals surface area contributed by atoms with Crippen LogP contribution in [0.2, 0.25) is 0 Å². The molecule has 0 aliphatic carbocycles. The molecule has 0 atom stereocenters. The van der Waals surface area contributed by atoms with Crippen LogP contribution in [0.1, 0.15) is 16.1 Å². The summed E-state index contributed by atoms with van der Waals surface area (Å²) in [7, 11) is 1.97. The summed E-state index contributed by atoms with van der Waals surface area (Å²) < 4.78 is 0. The lowest BCUT2D eigenvalue weighted by Gasteiger charge is -2.16. The van der Waals surface area contributed by atoms with Crippen LogP contribution in [0.5, 0.6) is 0 Å². The van der Waals surface area contributed by atoms with Gasteiger partial charge in [-0.1, -0.05) is 6.07 Å². The van der Waals surface area contributed by atoms with Crippen molar-refractivity contribution in [3.8, 4) is 0 Å². The molecule has 2 rings (SSSR count). The predicted molar refractivity (Wildman–Crippen MR) is 69.1 cm³/mol. The molecule has 2 aromatic rings. The van der Waals surface area contributed by atoms with Gasteiger partial charge in [-0.25, -0.2) is 9.97 Å². The summed E-state index contributed by atoms with van der Waals surface area (Å²) in [5.41, 5.74) is 1.61. The maximum Gasteiger partial charge on any atom is 0.225 e. The highest BCUT2D eigenvalue weighted by Gasteiger charge is 2.08. The van der Waals surface area contributed by atoms with Gasteiger partial charge in [-0.05, 0) is 18.4 Å². The number of nitrogens with zero attached hydrogens (tertiary/aromatic N) is 3. The zero-order chi connectivity index (χ0) is 12.3. The fourth-order valence-corrected chi connectivity index (χ4v) is 2.28. The number of hydrogen-bond acceptors (Lipinski definition) is 5. The summed E-state index contributed by atoms with van der Waals surface area (Å²) in [5.74, 6) is 0.688. The van der Waals surface area contributed by atoms with Crippen molar-refractivity contribution in [3.63, 3.8) is 0 Å². The van der Waals surface area contributed by atoms with Gasteiger partial charge in [-0.2, -0.15) is 0 Å². The van der Waals surface area contributed by atoms with Crippen molar-refractivity contribution < 1.29 is 5.11 Å². The van der Waals surface area contributed by atoms with E-state index in [1.54, 1.807) is 17.5 Å². The zero-order valence-corrected chi connectivity index (χ0v) is 10.7. The molecule has 0 aromatic carbocycles. The Labute approximate surface area is 105 Å². The molecule has 0 saturated heterocycles. The number of aliphatic hydroxyl groups is 1. The van der Waals surface area contributed by atoms with Crippen LogP contribution in [0.25, 0.3) is 0 Å². The molecule has 17 heavy (non-hydrogen) atoms. The predicted octanol–water partition coefficient (Wildman–Crippen LogP) is 1.98. The van der Waals surface area contributed by atoms with Crippen LogP contribution in [0.3, 0.4) is 0 Å². The van der Waals surface area contributed by atoms with Crippen LogP contribution >= 0.6 is 11.3 Å². The first-order chi connectivity index (χ1) is 8.20. The molecule has 0 bridgehead atoms. The van der Waals surface area contributed by atoms with Crippen LogP contribution in [0.4, 0.5) is 5.95 Å². The van der Waals surface area contributed by atoms with E-state index in [2.05, 4.69) is 21.4 Å². The summed E-state index contributed by atoms with van der Waals surface area (Å²) in [5, 5.41) is 11.1. The molecule has 4 nitrogen and oxygen atoms in total. The molecule has 0 aliphatic heterocycles. The van der Waals surface area contributed by atoms with Gasteiger partial charge >= 0.3 is 0 Å². The first-order valence-electron chi connectivity index (χ1n) is 5.37. The average Bonchev–Trinajstić information content (AvgIpc) is 2.81. The maximum absolute atomic E-state index is 9.06. The van der Waals surface area contributed by atoms with Crippen LogP contribution in [0, 0.1) is 6.92 Å². The Balaban J connectivity index is 2.14. The highest BCUT2D eigenvalue weighted by molar-refractivity contribution is 7.09. The Bertz CT molecular complexity index is 485. The van der Waals surface area contributed by atoms with E-state index in [1.165, 1.54) is 4.88 Å². The second kappa shape index (κ2) is 5.25. The first-order valence-corrected chi connectivity index (χ1v) is 6.25. The van der Waals surface area contributed by atoms with E-state index in [9.17, 15) is 0 Å². The molecule has 0 saturated carbocycles. The van der Waals surface area contributed by atoms with Gasteiger partial charge in [0.2, 0.25) is 5.95 Å². The smallest absolute Gasteiger partial charge is 0.225 e. The van der Waals surface area contributed by atoms with Gasteiger partial charge in [0.25, 0.3) is 0 Å². The van der Waals surface area contributed by atoms with E-state index in [4.69, 9.17) is 5.11 Å². The molecular weight excluding hydrogens is 234 g/mol. The molecular formula is C12H15N3OS. The topological polar surface area (TPSA) is 49.2 Å². The summed E-state index contributed by atoms with van der Waals surface area (Å²) >= 11 is 1.72. The van der Waals surface area contributed by atoms with Crippen molar-refractivity contribution in [2.45, 2.75) is 20.1 Å². The number of aryl methyl sites for hydroxylation is 1. The summed E-state index contributed by atoms with van der Waals surface area (Å²) in [6, 6.07) is 4.13. The van der Waals surface area contributed by atoms with Crippen molar-refractivity contribution in [2.24, 2.45) is 0 Å². The number of anilines is 1. The van der Waals surface area contributed by atoms with E-state index in [-0.39, 0.29) is 6.61 Å². The van der Waals surface area contributed by atoms with Gasteiger partial charge in [-0.3, -0.25) is 0 Å². The lowest BCUT2D eigenvalue weighted by Crippen LogP contribution is -2.19. The number of thiophene rings is 1. The Morgan fingerprint density at radius 1 is 1.47 bits per heavy atom. The Kier molecular flexibility index (Phi) is 3.71.